The number of ether oxygens (including phenoxy) is 2. The molecule has 0 aliphatic carbocycles. The predicted molar refractivity (Wildman–Crippen MR) is 148 cm³/mol. The minimum absolute atomic E-state index is 0.0520. The molecule has 2 aromatic carbocycles. The number of aliphatic hydroxyl groups is 1. The third-order valence-electron chi connectivity index (χ3n) is 7.81. The van der Waals surface area contributed by atoms with Crippen molar-refractivity contribution in [3.8, 4) is 5.75 Å². The lowest BCUT2D eigenvalue weighted by molar-refractivity contribution is -0.154. The van der Waals surface area contributed by atoms with Crippen LogP contribution in [0, 0.1) is 11.8 Å². The third kappa shape index (κ3) is 4.50. The molecule has 10 heteroatoms. The van der Waals surface area contributed by atoms with Crippen molar-refractivity contribution in [2.24, 2.45) is 11.8 Å². The van der Waals surface area contributed by atoms with Crippen molar-refractivity contribution < 1.29 is 29.0 Å². The monoisotopic (exact) mass is 602 g/mol. The molecule has 3 heterocycles. The Balaban J connectivity index is 1.54. The quantitative estimate of drug-likeness (QED) is 0.335. The number of rotatable bonds is 9. The Hall–Kier alpha value is -2.56. The van der Waals surface area contributed by atoms with Gasteiger partial charge in [-0.15, -0.1) is 11.8 Å². The number of methoxy groups -OCH3 is 1. The number of anilines is 1. The number of halogens is 1. The van der Waals surface area contributed by atoms with Crippen molar-refractivity contribution in [1.29, 1.82) is 0 Å². The van der Waals surface area contributed by atoms with Crippen LogP contribution < -0.4 is 10.1 Å². The molecular formula is C28H31BrN2O6S. The molecule has 38 heavy (non-hydrogen) atoms. The number of carbonyl (C=O) groups excluding carboxylic acids is 3. The standard InChI is InChI=1S/C28H31BrN2O6S/c1-3-37-27(35)21-22-26(34)31(18(15-32)13-16-7-5-4-6-8-16)24(28(22)14-20(29)23(21)38-28)25(33)30-17-9-11-19(36-2)12-10-17/h4-12,18,20-24,32H,3,13-15H2,1-2H3,(H,30,33)/t18-,20?,21+,22+,23+,24?,28?/m1/s1. The summed E-state index contributed by atoms with van der Waals surface area (Å²) in [6.45, 7) is 1.65. The van der Waals surface area contributed by atoms with E-state index < -0.39 is 34.6 Å². The van der Waals surface area contributed by atoms with Crippen LogP contribution in [0.4, 0.5) is 5.69 Å². The molecule has 1 spiro atoms. The van der Waals surface area contributed by atoms with E-state index in [1.54, 1.807) is 55.0 Å². The fraction of sp³-hybridized carbons (Fsp3) is 0.464. The second-order valence-electron chi connectivity index (χ2n) is 9.90. The fourth-order valence-electron chi connectivity index (χ4n) is 6.29. The van der Waals surface area contributed by atoms with Gasteiger partial charge in [0, 0.05) is 15.8 Å². The Bertz CT molecular complexity index is 1200. The van der Waals surface area contributed by atoms with Gasteiger partial charge < -0.3 is 24.8 Å². The molecule has 8 nitrogen and oxygen atoms in total. The number of hydrogen-bond donors (Lipinski definition) is 2. The van der Waals surface area contributed by atoms with E-state index in [9.17, 15) is 19.5 Å². The van der Waals surface area contributed by atoms with Crippen molar-refractivity contribution in [3.05, 3.63) is 60.2 Å². The maximum Gasteiger partial charge on any atom is 0.310 e. The van der Waals surface area contributed by atoms with Crippen LogP contribution in [0.5, 0.6) is 5.75 Å². The number of fused-ring (bicyclic) bond motifs is 1. The highest BCUT2D eigenvalue weighted by Gasteiger charge is 2.76. The lowest BCUT2D eigenvalue weighted by Gasteiger charge is -2.37. The number of nitrogens with zero attached hydrogens (tertiary/aromatic N) is 1. The van der Waals surface area contributed by atoms with Gasteiger partial charge in [0.1, 0.15) is 11.8 Å². The molecule has 5 rings (SSSR count). The number of alkyl halides is 1. The first-order valence-electron chi connectivity index (χ1n) is 12.7. The normalized spacial score (nSPS) is 30.2. The number of likely N-dealkylation sites (tertiary alicyclic amines) is 1. The van der Waals surface area contributed by atoms with E-state index in [2.05, 4.69) is 21.2 Å². The van der Waals surface area contributed by atoms with E-state index in [1.165, 1.54) is 0 Å². The zero-order valence-electron chi connectivity index (χ0n) is 21.2. The highest BCUT2D eigenvalue weighted by Crippen LogP contribution is 2.68. The summed E-state index contributed by atoms with van der Waals surface area (Å²) < 4.78 is 9.80. The molecule has 0 aromatic heterocycles. The molecule has 7 atom stereocenters. The van der Waals surface area contributed by atoms with Gasteiger partial charge in [0.25, 0.3) is 0 Å². The summed E-state index contributed by atoms with van der Waals surface area (Å²) in [7, 11) is 1.57. The van der Waals surface area contributed by atoms with Crippen molar-refractivity contribution in [1.82, 2.24) is 4.90 Å². The zero-order chi connectivity index (χ0) is 27.0. The smallest absolute Gasteiger partial charge is 0.310 e. The lowest BCUT2D eigenvalue weighted by atomic mass is 9.71. The summed E-state index contributed by atoms with van der Waals surface area (Å²) in [5.74, 6) is -1.73. The first-order chi connectivity index (χ1) is 18.3. The van der Waals surface area contributed by atoms with E-state index in [0.29, 0.717) is 24.3 Å². The topological polar surface area (TPSA) is 105 Å². The molecule has 2 bridgehead atoms. The summed E-state index contributed by atoms with van der Waals surface area (Å²) in [4.78, 5) is 42.9. The first-order valence-corrected chi connectivity index (χ1v) is 14.5. The number of aliphatic hydroxyl groups excluding tert-OH is 1. The van der Waals surface area contributed by atoms with Gasteiger partial charge in [-0.3, -0.25) is 14.4 Å². The number of carbonyl (C=O) groups is 3. The van der Waals surface area contributed by atoms with Gasteiger partial charge in [0.05, 0.1) is 42.9 Å². The van der Waals surface area contributed by atoms with Crippen LogP contribution in [-0.2, 0) is 25.5 Å². The number of nitrogens with one attached hydrogen (secondary N) is 1. The predicted octanol–water partition coefficient (Wildman–Crippen LogP) is 3.27. The number of amides is 2. The van der Waals surface area contributed by atoms with Crippen LogP contribution in [0.3, 0.4) is 0 Å². The maximum atomic E-state index is 14.2. The minimum atomic E-state index is -0.877. The van der Waals surface area contributed by atoms with Crippen LogP contribution >= 0.6 is 27.7 Å². The first kappa shape index (κ1) is 27.0. The molecule has 3 aliphatic rings. The molecule has 202 valence electrons. The summed E-state index contributed by atoms with van der Waals surface area (Å²) in [6, 6.07) is 15.1. The zero-order valence-corrected chi connectivity index (χ0v) is 23.6. The van der Waals surface area contributed by atoms with E-state index in [0.717, 1.165) is 5.56 Å². The summed E-state index contributed by atoms with van der Waals surface area (Å²) in [5, 5.41) is 13.3. The summed E-state index contributed by atoms with van der Waals surface area (Å²) in [5.41, 5.74) is 1.52. The second kappa shape index (κ2) is 10.9. The van der Waals surface area contributed by atoms with Crippen molar-refractivity contribution in [2.75, 3.05) is 25.6 Å². The molecule has 2 amide bonds. The molecule has 2 aromatic rings. The highest BCUT2D eigenvalue weighted by molar-refractivity contribution is 9.09. The van der Waals surface area contributed by atoms with Crippen LogP contribution in [-0.4, -0.2) is 75.0 Å². The van der Waals surface area contributed by atoms with Gasteiger partial charge in [-0.2, -0.15) is 0 Å². The average Bonchev–Trinajstić information content (AvgIpc) is 3.51. The number of thioether (sulfide) groups is 1. The maximum absolute atomic E-state index is 14.2. The Morgan fingerprint density at radius 1 is 1.21 bits per heavy atom. The van der Waals surface area contributed by atoms with E-state index in [-0.39, 0.29) is 35.1 Å². The van der Waals surface area contributed by atoms with Crippen LogP contribution in [0.2, 0.25) is 0 Å². The molecule has 0 saturated carbocycles. The second-order valence-corrected chi connectivity index (χ2v) is 12.6. The van der Waals surface area contributed by atoms with E-state index in [1.807, 2.05) is 30.3 Å². The van der Waals surface area contributed by atoms with Gasteiger partial charge in [-0.05, 0) is 49.6 Å². The minimum Gasteiger partial charge on any atom is -0.497 e. The fourth-order valence-corrected chi connectivity index (χ4v) is 9.88. The molecule has 3 saturated heterocycles. The van der Waals surface area contributed by atoms with Gasteiger partial charge >= 0.3 is 5.97 Å². The molecule has 0 radical (unpaired) electrons. The van der Waals surface area contributed by atoms with Gasteiger partial charge in [-0.1, -0.05) is 46.3 Å². The molecule has 3 unspecified atom stereocenters. The SMILES string of the molecule is CCOC(=O)[C@H]1[C@H]2C(=O)N([C@@H](CO)Cc3ccccc3)C(C(=O)Nc3ccc(OC)cc3)C23CC(Br)[C@@H]1S3. The van der Waals surface area contributed by atoms with Crippen LogP contribution in [0.1, 0.15) is 18.9 Å². The summed E-state index contributed by atoms with van der Waals surface area (Å²) in [6.07, 6.45) is 0.934. The van der Waals surface area contributed by atoms with Gasteiger partial charge in [0.15, 0.2) is 0 Å². The molecule has 2 N–H and O–H groups in total. The van der Waals surface area contributed by atoms with Gasteiger partial charge in [0.2, 0.25) is 11.8 Å². The number of benzene rings is 2. The van der Waals surface area contributed by atoms with Crippen molar-refractivity contribution in [3.63, 3.8) is 0 Å². The molecule has 3 fully saturated rings. The van der Waals surface area contributed by atoms with Crippen molar-refractivity contribution in [2.45, 2.75) is 46.7 Å². The van der Waals surface area contributed by atoms with E-state index in [4.69, 9.17) is 9.47 Å². The molecular weight excluding hydrogens is 572 g/mol. The Morgan fingerprint density at radius 2 is 1.92 bits per heavy atom. The number of hydrogen-bond acceptors (Lipinski definition) is 7. The van der Waals surface area contributed by atoms with Gasteiger partial charge in [-0.25, -0.2) is 0 Å². The van der Waals surface area contributed by atoms with Crippen LogP contribution in [0.25, 0.3) is 0 Å². The lowest BCUT2D eigenvalue weighted by Crippen LogP contribution is -2.55. The molecule has 3 aliphatic heterocycles. The Labute approximate surface area is 234 Å². The highest BCUT2D eigenvalue weighted by atomic mass is 79.9. The van der Waals surface area contributed by atoms with Crippen LogP contribution in [0.15, 0.2) is 54.6 Å². The largest absolute Gasteiger partial charge is 0.497 e. The third-order valence-corrected chi connectivity index (χ3v) is 11.0. The Kier molecular flexibility index (Phi) is 7.75. The van der Waals surface area contributed by atoms with E-state index >= 15 is 0 Å². The van der Waals surface area contributed by atoms with Crippen molar-refractivity contribution >= 4 is 51.2 Å². The average molecular weight is 604 g/mol. The Morgan fingerprint density at radius 3 is 2.55 bits per heavy atom. The number of esters is 1. The summed E-state index contributed by atoms with van der Waals surface area (Å²) >= 11 is 5.28.